The van der Waals surface area contributed by atoms with Crippen molar-refractivity contribution in [1.29, 1.82) is 0 Å². The molecule has 0 aromatic rings. The Labute approximate surface area is 137 Å². The van der Waals surface area contributed by atoms with Crippen molar-refractivity contribution in [2.75, 3.05) is 13.1 Å². The molecule has 1 aliphatic carbocycles. The van der Waals surface area contributed by atoms with Crippen LogP contribution in [0, 0.1) is 11.8 Å². The minimum atomic E-state index is 0.228. The molecule has 2 rings (SSSR count). The molecule has 128 valence electrons. The molecule has 0 radical (unpaired) electrons. The third kappa shape index (κ3) is 4.71. The molecule has 22 heavy (non-hydrogen) atoms. The summed E-state index contributed by atoms with van der Waals surface area (Å²) in [6, 6.07) is 1.21. The molecule has 0 aromatic carbocycles. The lowest BCUT2D eigenvalue weighted by molar-refractivity contribution is -0.138. The number of carbonyl (C=O) groups excluding carboxylic acids is 1. The molecule has 1 aliphatic heterocycles. The zero-order valence-corrected chi connectivity index (χ0v) is 14.9. The van der Waals surface area contributed by atoms with E-state index in [0.717, 1.165) is 25.9 Å². The number of amides is 1. The average Bonchev–Trinajstić information content (AvgIpc) is 2.56. The summed E-state index contributed by atoms with van der Waals surface area (Å²) < 4.78 is 0. The molecule has 1 heterocycles. The molecule has 2 aliphatic rings. The van der Waals surface area contributed by atoms with Gasteiger partial charge in [0.1, 0.15) is 0 Å². The van der Waals surface area contributed by atoms with E-state index in [1.165, 1.54) is 44.9 Å². The predicted molar refractivity (Wildman–Crippen MR) is 92.8 cm³/mol. The molecule has 2 fully saturated rings. The van der Waals surface area contributed by atoms with Crippen LogP contribution in [0.15, 0.2) is 0 Å². The van der Waals surface area contributed by atoms with Crippen molar-refractivity contribution >= 4 is 5.91 Å². The molecule has 0 aromatic heterocycles. The van der Waals surface area contributed by atoms with E-state index in [9.17, 15) is 4.79 Å². The van der Waals surface area contributed by atoms with Crippen LogP contribution in [-0.4, -0.2) is 36.0 Å². The van der Waals surface area contributed by atoms with Crippen LogP contribution in [0.1, 0.15) is 78.6 Å². The maximum atomic E-state index is 12.8. The standard InChI is InChI=1S/C19H36N2O/c1-4-15-12-18(20-17-10-8-7-9-11-17)14-21(13-15)19(22)16(5-2)6-3/h15-18,20H,4-14H2,1-3H3. The number of hydrogen-bond donors (Lipinski definition) is 1. The number of hydrogen-bond acceptors (Lipinski definition) is 2. The molecule has 0 spiro atoms. The highest BCUT2D eigenvalue weighted by Crippen LogP contribution is 2.25. The van der Waals surface area contributed by atoms with E-state index < -0.39 is 0 Å². The summed E-state index contributed by atoms with van der Waals surface area (Å²) in [6.07, 6.45) is 11.2. The molecule has 2 atom stereocenters. The van der Waals surface area contributed by atoms with Crippen molar-refractivity contribution < 1.29 is 4.79 Å². The van der Waals surface area contributed by atoms with Gasteiger partial charge in [0.15, 0.2) is 0 Å². The second kappa shape index (κ2) is 8.90. The zero-order chi connectivity index (χ0) is 15.9. The van der Waals surface area contributed by atoms with Crippen LogP contribution < -0.4 is 5.32 Å². The third-order valence-electron chi connectivity index (χ3n) is 5.84. The summed E-state index contributed by atoms with van der Waals surface area (Å²) in [5.74, 6) is 1.30. The van der Waals surface area contributed by atoms with Gasteiger partial charge in [-0.15, -0.1) is 0 Å². The summed E-state index contributed by atoms with van der Waals surface area (Å²) >= 11 is 0. The monoisotopic (exact) mass is 308 g/mol. The van der Waals surface area contributed by atoms with Gasteiger partial charge in [0.2, 0.25) is 5.91 Å². The molecule has 3 nitrogen and oxygen atoms in total. The Balaban J connectivity index is 1.94. The van der Waals surface area contributed by atoms with Crippen LogP contribution in [0.5, 0.6) is 0 Å². The van der Waals surface area contributed by atoms with Gasteiger partial charge in [-0.3, -0.25) is 4.79 Å². The van der Waals surface area contributed by atoms with Gasteiger partial charge in [-0.2, -0.15) is 0 Å². The fourth-order valence-electron chi connectivity index (χ4n) is 4.30. The summed E-state index contributed by atoms with van der Waals surface area (Å²) in [5.41, 5.74) is 0. The topological polar surface area (TPSA) is 32.3 Å². The zero-order valence-electron chi connectivity index (χ0n) is 14.9. The van der Waals surface area contributed by atoms with E-state index >= 15 is 0 Å². The minimum absolute atomic E-state index is 0.228. The molecule has 3 heteroatoms. The van der Waals surface area contributed by atoms with Gasteiger partial charge in [-0.1, -0.05) is 46.5 Å². The van der Waals surface area contributed by atoms with E-state index in [2.05, 4.69) is 31.0 Å². The Morgan fingerprint density at radius 3 is 2.32 bits per heavy atom. The first-order valence-corrected chi connectivity index (χ1v) is 9.72. The maximum Gasteiger partial charge on any atom is 0.225 e. The highest BCUT2D eigenvalue weighted by Gasteiger charge is 2.32. The van der Waals surface area contributed by atoms with Gasteiger partial charge < -0.3 is 10.2 Å². The average molecular weight is 309 g/mol. The van der Waals surface area contributed by atoms with E-state index in [4.69, 9.17) is 0 Å². The Morgan fingerprint density at radius 1 is 1.05 bits per heavy atom. The lowest BCUT2D eigenvalue weighted by Gasteiger charge is -2.41. The van der Waals surface area contributed by atoms with Crippen molar-refractivity contribution in [2.45, 2.75) is 90.6 Å². The maximum absolute atomic E-state index is 12.8. The van der Waals surface area contributed by atoms with Gasteiger partial charge in [0.25, 0.3) is 0 Å². The van der Waals surface area contributed by atoms with Gasteiger partial charge in [0, 0.05) is 31.1 Å². The van der Waals surface area contributed by atoms with Crippen LogP contribution in [-0.2, 0) is 4.79 Å². The number of rotatable bonds is 6. The Kier molecular flexibility index (Phi) is 7.20. The van der Waals surface area contributed by atoms with Crippen LogP contribution in [0.25, 0.3) is 0 Å². The first kappa shape index (κ1) is 17.8. The van der Waals surface area contributed by atoms with E-state index in [1.807, 2.05) is 0 Å². The van der Waals surface area contributed by atoms with E-state index in [-0.39, 0.29) is 5.92 Å². The SMILES string of the molecule is CCC1CC(NC2CCCCC2)CN(C(=O)C(CC)CC)C1. The van der Waals surface area contributed by atoms with Gasteiger partial charge in [0.05, 0.1) is 0 Å². The lowest BCUT2D eigenvalue weighted by atomic mass is 9.88. The Morgan fingerprint density at radius 2 is 1.73 bits per heavy atom. The fraction of sp³-hybridized carbons (Fsp3) is 0.947. The van der Waals surface area contributed by atoms with Crippen LogP contribution in [0.2, 0.25) is 0 Å². The molecule has 1 amide bonds. The molecular formula is C19H36N2O. The van der Waals surface area contributed by atoms with E-state index in [0.29, 0.717) is 23.9 Å². The van der Waals surface area contributed by atoms with Crippen molar-refractivity contribution in [1.82, 2.24) is 10.2 Å². The number of likely N-dealkylation sites (tertiary alicyclic amines) is 1. The number of piperidine rings is 1. The summed E-state index contributed by atoms with van der Waals surface area (Å²) in [6.45, 7) is 8.47. The molecule has 2 unspecified atom stereocenters. The molecular weight excluding hydrogens is 272 g/mol. The van der Waals surface area contributed by atoms with Crippen LogP contribution >= 0.6 is 0 Å². The second-order valence-corrected chi connectivity index (χ2v) is 7.47. The van der Waals surface area contributed by atoms with Crippen molar-refractivity contribution in [3.63, 3.8) is 0 Å². The number of nitrogens with one attached hydrogen (secondary N) is 1. The van der Waals surface area contributed by atoms with Crippen molar-refractivity contribution in [2.24, 2.45) is 11.8 Å². The van der Waals surface area contributed by atoms with E-state index in [1.54, 1.807) is 0 Å². The van der Waals surface area contributed by atoms with Crippen LogP contribution in [0.4, 0.5) is 0 Å². The minimum Gasteiger partial charge on any atom is -0.341 e. The van der Waals surface area contributed by atoms with Gasteiger partial charge in [-0.05, 0) is 38.0 Å². The van der Waals surface area contributed by atoms with Gasteiger partial charge in [-0.25, -0.2) is 0 Å². The second-order valence-electron chi connectivity index (χ2n) is 7.47. The number of carbonyl (C=O) groups is 1. The summed E-state index contributed by atoms with van der Waals surface area (Å²) in [4.78, 5) is 14.9. The quantitative estimate of drug-likeness (QED) is 0.805. The highest BCUT2D eigenvalue weighted by atomic mass is 16.2. The molecule has 1 saturated heterocycles. The van der Waals surface area contributed by atoms with Crippen LogP contribution in [0.3, 0.4) is 0 Å². The first-order chi connectivity index (χ1) is 10.7. The fourth-order valence-corrected chi connectivity index (χ4v) is 4.30. The third-order valence-corrected chi connectivity index (χ3v) is 5.84. The molecule has 1 N–H and O–H groups in total. The Hall–Kier alpha value is -0.570. The lowest BCUT2D eigenvalue weighted by Crippen LogP contribution is -2.54. The summed E-state index contributed by atoms with van der Waals surface area (Å²) in [5, 5.41) is 3.89. The largest absolute Gasteiger partial charge is 0.341 e. The van der Waals surface area contributed by atoms with Crippen molar-refractivity contribution in [3.05, 3.63) is 0 Å². The smallest absolute Gasteiger partial charge is 0.225 e. The van der Waals surface area contributed by atoms with Gasteiger partial charge >= 0.3 is 0 Å². The Bertz CT molecular complexity index is 334. The molecule has 1 saturated carbocycles. The highest BCUT2D eigenvalue weighted by molar-refractivity contribution is 5.79. The number of nitrogens with zero attached hydrogens (tertiary/aromatic N) is 1. The normalized spacial score (nSPS) is 27.4. The first-order valence-electron chi connectivity index (χ1n) is 9.72. The van der Waals surface area contributed by atoms with Crippen molar-refractivity contribution in [3.8, 4) is 0 Å². The predicted octanol–water partition coefficient (Wildman–Crippen LogP) is 3.97. The molecule has 0 bridgehead atoms. The summed E-state index contributed by atoms with van der Waals surface area (Å²) in [7, 11) is 0.